The topological polar surface area (TPSA) is 61.4 Å². The molecule has 0 aliphatic heterocycles. The summed E-state index contributed by atoms with van der Waals surface area (Å²) in [6.07, 6.45) is 1.78. The molecule has 25 heavy (non-hydrogen) atoms. The second-order valence-corrected chi connectivity index (χ2v) is 9.04. The molecular weight excluding hydrogens is 399 g/mol. The number of rotatable bonds is 3. The molecule has 0 saturated heterocycles. The van der Waals surface area contributed by atoms with Crippen LogP contribution in [0.2, 0.25) is 5.02 Å². The minimum absolute atomic E-state index is 0.592. The summed E-state index contributed by atoms with van der Waals surface area (Å²) in [4.78, 5) is 14.0. The molecule has 0 aliphatic carbocycles. The van der Waals surface area contributed by atoms with Crippen LogP contribution in [0.25, 0.3) is 17.1 Å². The van der Waals surface area contributed by atoms with Crippen molar-refractivity contribution < 1.29 is 0 Å². The molecule has 8 heteroatoms. The molecule has 0 radical (unpaired) electrons. The van der Waals surface area contributed by atoms with Crippen LogP contribution in [0.15, 0.2) is 36.7 Å². The monoisotopic (exact) mass is 414 g/mol. The van der Waals surface area contributed by atoms with Gasteiger partial charge in [0, 0.05) is 0 Å². The van der Waals surface area contributed by atoms with Gasteiger partial charge in [-0.05, 0) is 0 Å². The van der Waals surface area contributed by atoms with Gasteiger partial charge in [-0.15, -0.1) is 0 Å². The fourth-order valence-corrected chi connectivity index (χ4v) is 5.02. The van der Waals surface area contributed by atoms with Gasteiger partial charge in [0.2, 0.25) is 0 Å². The third-order valence-electron chi connectivity index (χ3n) is 3.85. The van der Waals surface area contributed by atoms with Gasteiger partial charge in [0.15, 0.2) is 0 Å². The summed E-state index contributed by atoms with van der Waals surface area (Å²) in [7, 11) is 1.94. The van der Waals surface area contributed by atoms with Crippen LogP contribution in [0, 0.1) is 13.8 Å². The Morgan fingerprint density at radius 1 is 1.08 bits per heavy atom. The normalized spacial score (nSPS) is 11.8. The van der Waals surface area contributed by atoms with Crippen molar-refractivity contribution in [3.63, 3.8) is 0 Å². The van der Waals surface area contributed by atoms with E-state index in [0.717, 1.165) is 32.1 Å². The molecule has 126 valence electrons. The molecule has 0 bridgehead atoms. The number of aromatic nitrogens is 6. The molecule has 0 aliphatic rings. The maximum absolute atomic E-state index is 6.00. The van der Waals surface area contributed by atoms with Crippen LogP contribution >= 0.6 is 11.6 Å². The van der Waals surface area contributed by atoms with E-state index >= 15 is 0 Å². The zero-order valence-corrected chi connectivity index (χ0v) is 16.9. The van der Waals surface area contributed by atoms with Crippen molar-refractivity contribution in [1.82, 2.24) is 29.3 Å². The first-order chi connectivity index (χ1) is 12.0. The SMILES string of the molecule is Cc1cc(C)n(-c2nc([AsH]c3ccc(Cl)cc3)c3ncn(C)c3n2)n1. The number of aryl methyl sites for hydroxylation is 3. The van der Waals surface area contributed by atoms with Gasteiger partial charge < -0.3 is 0 Å². The molecule has 0 amide bonds. The van der Waals surface area contributed by atoms with E-state index in [-0.39, 0.29) is 0 Å². The zero-order chi connectivity index (χ0) is 17.6. The Balaban J connectivity index is 1.87. The second-order valence-electron chi connectivity index (χ2n) is 5.87. The van der Waals surface area contributed by atoms with Gasteiger partial charge in [-0.25, -0.2) is 0 Å². The zero-order valence-electron chi connectivity index (χ0n) is 14.0. The standard InChI is InChI=1S/C17H16AsClN6/c1-10-8-11(2)25(23-10)17-21-15(14-16(22-17)24(3)9-20-14)18-12-4-6-13(19)7-5-12/h4-9,18H,1-3H3. The Morgan fingerprint density at radius 2 is 1.84 bits per heavy atom. The van der Waals surface area contributed by atoms with Crippen molar-refractivity contribution in [3.8, 4) is 5.95 Å². The van der Waals surface area contributed by atoms with Crippen molar-refractivity contribution in [2.45, 2.75) is 13.8 Å². The van der Waals surface area contributed by atoms with Crippen molar-refractivity contribution >= 4 is 47.3 Å². The van der Waals surface area contributed by atoms with Crippen molar-refractivity contribution in [2.75, 3.05) is 0 Å². The van der Waals surface area contributed by atoms with Gasteiger partial charge in [-0.1, -0.05) is 0 Å². The minimum atomic E-state index is -0.670. The van der Waals surface area contributed by atoms with Crippen LogP contribution in [-0.2, 0) is 7.05 Å². The Hall–Kier alpha value is -2.17. The number of nitrogens with zero attached hydrogens (tertiary/aromatic N) is 6. The van der Waals surface area contributed by atoms with E-state index in [4.69, 9.17) is 16.6 Å². The number of halogens is 1. The van der Waals surface area contributed by atoms with Gasteiger partial charge in [0.25, 0.3) is 0 Å². The van der Waals surface area contributed by atoms with E-state index in [1.54, 1.807) is 11.0 Å². The Kier molecular flexibility index (Phi) is 4.10. The number of hydrogen-bond acceptors (Lipinski definition) is 4. The third kappa shape index (κ3) is 3.08. The van der Waals surface area contributed by atoms with E-state index in [1.807, 2.05) is 43.7 Å². The van der Waals surface area contributed by atoms with E-state index < -0.39 is 15.8 Å². The molecule has 3 heterocycles. The van der Waals surface area contributed by atoms with Crippen molar-refractivity contribution in [2.24, 2.45) is 7.05 Å². The van der Waals surface area contributed by atoms with Crippen LogP contribution in [0.3, 0.4) is 0 Å². The van der Waals surface area contributed by atoms with Gasteiger partial charge >= 0.3 is 157 Å². The van der Waals surface area contributed by atoms with Crippen LogP contribution < -0.4 is 8.83 Å². The summed E-state index contributed by atoms with van der Waals surface area (Å²) < 4.78 is 5.95. The molecule has 4 aromatic rings. The fraction of sp³-hybridized carbons (Fsp3) is 0.176. The number of hydrogen-bond donors (Lipinski definition) is 0. The molecule has 1 aromatic carbocycles. The Morgan fingerprint density at radius 3 is 2.52 bits per heavy atom. The first kappa shape index (κ1) is 16.3. The predicted molar refractivity (Wildman–Crippen MR) is 101 cm³/mol. The van der Waals surface area contributed by atoms with Gasteiger partial charge in [0.05, 0.1) is 0 Å². The Bertz CT molecular complexity index is 1070. The van der Waals surface area contributed by atoms with E-state index in [0.29, 0.717) is 5.95 Å². The quantitative estimate of drug-likeness (QED) is 0.473. The van der Waals surface area contributed by atoms with Gasteiger partial charge in [0.1, 0.15) is 0 Å². The number of fused-ring (bicyclic) bond motifs is 1. The summed E-state index contributed by atoms with van der Waals surface area (Å²) in [5, 5.41) is 5.26. The fourth-order valence-electron chi connectivity index (χ4n) is 2.68. The number of imidazole rings is 1. The molecule has 6 nitrogen and oxygen atoms in total. The summed E-state index contributed by atoms with van der Waals surface area (Å²) in [6, 6.07) is 9.97. The van der Waals surface area contributed by atoms with E-state index in [1.165, 1.54) is 4.35 Å². The maximum atomic E-state index is 6.00. The molecule has 0 saturated carbocycles. The summed E-state index contributed by atoms with van der Waals surface area (Å²) >= 11 is 5.33. The van der Waals surface area contributed by atoms with Crippen LogP contribution in [0.1, 0.15) is 11.4 Å². The molecule has 0 fully saturated rings. The van der Waals surface area contributed by atoms with Crippen molar-refractivity contribution in [1.29, 1.82) is 0 Å². The van der Waals surface area contributed by atoms with Crippen LogP contribution in [-0.4, -0.2) is 45.1 Å². The summed E-state index contributed by atoms with van der Waals surface area (Å²) in [5.74, 6) is 0.592. The average Bonchev–Trinajstić information content (AvgIpc) is 3.12. The van der Waals surface area contributed by atoms with E-state index in [2.05, 4.69) is 27.2 Å². The summed E-state index contributed by atoms with van der Waals surface area (Å²) in [6.45, 7) is 3.97. The first-order valence-corrected chi connectivity index (χ1v) is 10.2. The molecule has 1 atom stereocenters. The second kappa shape index (κ2) is 6.28. The molecule has 3 aromatic heterocycles. The van der Waals surface area contributed by atoms with Crippen molar-refractivity contribution in [3.05, 3.63) is 53.1 Å². The molecule has 0 N–H and O–H groups in total. The molecule has 1 unspecified atom stereocenters. The van der Waals surface area contributed by atoms with Gasteiger partial charge in [-0.3, -0.25) is 0 Å². The molecular formula is C17H16AsClN6. The first-order valence-electron chi connectivity index (χ1n) is 7.76. The number of benzene rings is 1. The predicted octanol–water partition coefficient (Wildman–Crippen LogP) is 1.21. The third-order valence-corrected chi connectivity index (χ3v) is 6.64. The molecule has 4 rings (SSSR count). The van der Waals surface area contributed by atoms with Crippen LogP contribution in [0.5, 0.6) is 0 Å². The van der Waals surface area contributed by atoms with Gasteiger partial charge in [-0.2, -0.15) is 0 Å². The molecule has 0 spiro atoms. The summed E-state index contributed by atoms with van der Waals surface area (Å²) in [5.41, 5.74) is 3.64. The Labute approximate surface area is 156 Å². The van der Waals surface area contributed by atoms with E-state index in [9.17, 15) is 0 Å². The average molecular weight is 415 g/mol. The van der Waals surface area contributed by atoms with Crippen LogP contribution in [0.4, 0.5) is 0 Å².